The molecule has 1 aromatic heterocycles. The fraction of sp³-hybridized carbons (Fsp3) is 0.500. The van der Waals surface area contributed by atoms with Crippen molar-refractivity contribution in [2.75, 3.05) is 11.9 Å². The van der Waals surface area contributed by atoms with Crippen molar-refractivity contribution in [2.45, 2.75) is 51.2 Å². The van der Waals surface area contributed by atoms with Crippen LogP contribution in [-0.2, 0) is 13.1 Å². The van der Waals surface area contributed by atoms with Crippen LogP contribution in [0.25, 0.3) is 11.3 Å². The van der Waals surface area contributed by atoms with Gasteiger partial charge >= 0.3 is 0 Å². The van der Waals surface area contributed by atoms with Gasteiger partial charge in [-0.05, 0) is 37.1 Å². The van der Waals surface area contributed by atoms with E-state index in [9.17, 15) is 4.39 Å². The van der Waals surface area contributed by atoms with Crippen LogP contribution < -0.4 is 10.6 Å². The lowest BCUT2D eigenvalue weighted by Crippen LogP contribution is -2.30. The Labute approximate surface area is 136 Å². The first-order valence-electron chi connectivity index (χ1n) is 8.64. The smallest absolute Gasteiger partial charge is 0.134 e. The van der Waals surface area contributed by atoms with E-state index in [1.807, 2.05) is 12.1 Å². The van der Waals surface area contributed by atoms with Crippen LogP contribution in [0, 0.1) is 5.82 Å². The Hall–Kier alpha value is -1.88. The number of nitrogens with one attached hydrogen (secondary N) is 2. The summed E-state index contributed by atoms with van der Waals surface area (Å²) in [5, 5.41) is 7.12. The number of rotatable bonds is 3. The highest BCUT2D eigenvalue weighted by Crippen LogP contribution is 2.32. The first-order valence-corrected chi connectivity index (χ1v) is 8.64. The van der Waals surface area contributed by atoms with Gasteiger partial charge in [-0.1, -0.05) is 19.3 Å². The Bertz CT molecular complexity index is 671. The monoisotopic (exact) mass is 314 g/mol. The van der Waals surface area contributed by atoms with Crippen molar-refractivity contribution < 1.29 is 4.39 Å². The predicted octanol–water partition coefficient (Wildman–Crippen LogP) is 3.54. The molecule has 2 N–H and O–H groups in total. The van der Waals surface area contributed by atoms with Gasteiger partial charge in [-0.15, -0.1) is 0 Å². The van der Waals surface area contributed by atoms with Crippen molar-refractivity contribution in [2.24, 2.45) is 0 Å². The van der Waals surface area contributed by atoms with Crippen LogP contribution in [0.15, 0.2) is 24.3 Å². The third-order valence-electron chi connectivity index (χ3n) is 4.91. The van der Waals surface area contributed by atoms with E-state index in [0.717, 1.165) is 42.5 Å². The van der Waals surface area contributed by atoms with Gasteiger partial charge in [0.2, 0.25) is 0 Å². The number of anilines is 1. The van der Waals surface area contributed by atoms with Gasteiger partial charge in [-0.25, -0.2) is 9.37 Å². The molecule has 122 valence electrons. The largest absolute Gasteiger partial charge is 0.367 e. The fourth-order valence-electron chi connectivity index (χ4n) is 3.66. The molecule has 5 heteroatoms. The molecule has 0 atom stereocenters. The van der Waals surface area contributed by atoms with Crippen molar-refractivity contribution in [3.05, 3.63) is 35.9 Å². The molecule has 23 heavy (non-hydrogen) atoms. The van der Waals surface area contributed by atoms with Crippen LogP contribution in [0.4, 0.5) is 10.2 Å². The van der Waals surface area contributed by atoms with Crippen LogP contribution in [0.1, 0.15) is 37.9 Å². The maximum Gasteiger partial charge on any atom is 0.134 e. The normalized spacial score (nSPS) is 18.7. The number of hydrogen-bond acceptors (Lipinski definition) is 3. The van der Waals surface area contributed by atoms with Crippen molar-refractivity contribution in [3.63, 3.8) is 0 Å². The summed E-state index contributed by atoms with van der Waals surface area (Å²) in [6.45, 7) is 2.69. The second kappa shape index (κ2) is 6.32. The van der Waals surface area contributed by atoms with Crippen LogP contribution in [-0.4, -0.2) is 22.1 Å². The molecule has 4 nitrogen and oxygen atoms in total. The van der Waals surface area contributed by atoms with E-state index >= 15 is 0 Å². The molecular formula is C18H23FN4. The Kier molecular flexibility index (Phi) is 4.04. The summed E-state index contributed by atoms with van der Waals surface area (Å²) in [6.07, 6.45) is 6.39. The molecule has 0 bridgehead atoms. The van der Waals surface area contributed by atoms with Crippen LogP contribution in [0.3, 0.4) is 0 Å². The Morgan fingerprint density at radius 1 is 1.13 bits per heavy atom. The van der Waals surface area contributed by atoms with E-state index in [4.69, 9.17) is 4.98 Å². The van der Waals surface area contributed by atoms with E-state index in [0.29, 0.717) is 6.04 Å². The summed E-state index contributed by atoms with van der Waals surface area (Å²) in [5.41, 5.74) is 1.93. The zero-order valence-corrected chi connectivity index (χ0v) is 13.3. The molecule has 1 saturated carbocycles. The number of nitrogens with zero attached hydrogens (tertiary/aromatic N) is 2. The van der Waals surface area contributed by atoms with Gasteiger partial charge in [-0.3, -0.25) is 0 Å². The molecule has 0 saturated heterocycles. The minimum absolute atomic E-state index is 0.207. The lowest BCUT2D eigenvalue weighted by Gasteiger charge is -2.26. The molecule has 0 amide bonds. The molecule has 0 spiro atoms. The molecular weight excluding hydrogens is 291 g/mol. The summed E-state index contributed by atoms with van der Waals surface area (Å²) in [6, 6.07) is 7.19. The van der Waals surface area contributed by atoms with Gasteiger partial charge in [0, 0.05) is 24.7 Å². The zero-order valence-electron chi connectivity index (χ0n) is 13.3. The molecule has 1 fully saturated rings. The molecule has 2 aromatic rings. The number of fused-ring (bicyclic) bond motifs is 1. The van der Waals surface area contributed by atoms with E-state index in [2.05, 4.69) is 15.2 Å². The molecule has 1 aliphatic carbocycles. The second-order valence-electron chi connectivity index (χ2n) is 6.54. The summed E-state index contributed by atoms with van der Waals surface area (Å²) >= 11 is 0. The Morgan fingerprint density at radius 3 is 2.70 bits per heavy atom. The van der Waals surface area contributed by atoms with E-state index in [-0.39, 0.29) is 5.82 Å². The highest BCUT2D eigenvalue weighted by Gasteiger charge is 2.23. The number of halogens is 1. The third-order valence-corrected chi connectivity index (χ3v) is 4.91. The van der Waals surface area contributed by atoms with Gasteiger partial charge in [0.25, 0.3) is 0 Å². The number of hydrogen-bond donors (Lipinski definition) is 2. The highest BCUT2D eigenvalue weighted by molar-refractivity contribution is 5.73. The van der Waals surface area contributed by atoms with Crippen molar-refractivity contribution in [1.29, 1.82) is 0 Å². The van der Waals surface area contributed by atoms with Crippen molar-refractivity contribution >= 4 is 5.82 Å². The summed E-state index contributed by atoms with van der Waals surface area (Å²) < 4.78 is 15.5. The van der Waals surface area contributed by atoms with Crippen LogP contribution >= 0.6 is 0 Å². The van der Waals surface area contributed by atoms with Gasteiger partial charge in [0.1, 0.15) is 23.2 Å². The molecule has 2 heterocycles. The number of aromatic nitrogens is 2. The maximum atomic E-state index is 13.3. The van der Waals surface area contributed by atoms with Crippen molar-refractivity contribution in [1.82, 2.24) is 14.9 Å². The molecule has 1 aromatic carbocycles. The zero-order chi connectivity index (χ0) is 15.6. The standard InChI is InChI=1S/C18H23FN4/c19-14-8-6-13(7-9-14)17-18(21-15-4-2-1-3-5-15)23-11-10-20-12-16(23)22-17/h6-9,15,20-21H,1-5,10-12H2. The predicted molar refractivity (Wildman–Crippen MR) is 89.8 cm³/mol. The Morgan fingerprint density at radius 2 is 1.91 bits per heavy atom. The lowest BCUT2D eigenvalue weighted by molar-refractivity contribution is 0.455. The highest BCUT2D eigenvalue weighted by atomic mass is 19.1. The lowest BCUT2D eigenvalue weighted by atomic mass is 9.95. The minimum atomic E-state index is -0.207. The SMILES string of the molecule is Fc1ccc(-c2nc3n(c2NC2CCCCC2)CCNC3)cc1. The minimum Gasteiger partial charge on any atom is -0.367 e. The number of imidazole rings is 1. The molecule has 4 rings (SSSR count). The van der Waals surface area contributed by atoms with Gasteiger partial charge in [0.15, 0.2) is 0 Å². The molecule has 2 aliphatic rings. The van der Waals surface area contributed by atoms with Gasteiger partial charge < -0.3 is 15.2 Å². The summed E-state index contributed by atoms with van der Waals surface area (Å²) in [7, 11) is 0. The van der Waals surface area contributed by atoms with E-state index in [1.54, 1.807) is 0 Å². The van der Waals surface area contributed by atoms with Crippen LogP contribution in [0.5, 0.6) is 0 Å². The third kappa shape index (κ3) is 2.98. The average molecular weight is 314 g/mol. The quantitative estimate of drug-likeness (QED) is 0.910. The fourth-order valence-corrected chi connectivity index (χ4v) is 3.66. The van der Waals surface area contributed by atoms with Gasteiger partial charge in [-0.2, -0.15) is 0 Å². The number of benzene rings is 1. The van der Waals surface area contributed by atoms with Crippen LogP contribution in [0.2, 0.25) is 0 Å². The first kappa shape index (κ1) is 14.7. The van der Waals surface area contributed by atoms with E-state index < -0.39 is 0 Å². The topological polar surface area (TPSA) is 41.9 Å². The summed E-state index contributed by atoms with van der Waals surface area (Å²) in [5.74, 6) is 1.97. The summed E-state index contributed by atoms with van der Waals surface area (Å²) in [4.78, 5) is 4.83. The van der Waals surface area contributed by atoms with Crippen molar-refractivity contribution in [3.8, 4) is 11.3 Å². The second-order valence-corrected chi connectivity index (χ2v) is 6.54. The van der Waals surface area contributed by atoms with Gasteiger partial charge in [0.05, 0.1) is 6.54 Å². The Balaban J connectivity index is 1.71. The maximum absolute atomic E-state index is 13.3. The molecule has 1 aliphatic heterocycles. The molecule has 0 unspecified atom stereocenters. The van der Waals surface area contributed by atoms with E-state index in [1.165, 1.54) is 44.2 Å². The molecule has 0 radical (unpaired) electrons. The first-order chi connectivity index (χ1) is 11.3. The average Bonchev–Trinajstić information content (AvgIpc) is 2.95.